The number of rotatable bonds is 2. The van der Waals surface area contributed by atoms with Crippen LogP contribution in [-0.4, -0.2) is 30.1 Å². The number of hydrogen-bond donors (Lipinski definition) is 1. The summed E-state index contributed by atoms with van der Waals surface area (Å²) in [7, 11) is 0. The van der Waals surface area contributed by atoms with Crippen molar-refractivity contribution in [3.63, 3.8) is 0 Å². The SMILES string of the molecule is CC(C)N1CC(C)(c2ccccc2)NCC1C. The predicted molar refractivity (Wildman–Crippen MR) is 73.1 cm³/mol. The van der Waals surface area contributed by atoms with Gasteiger partial charge in [0.15, 0.2) is 0 Å². The summed E-state index contributed by atoms with van der Waals surface area (Å²) in [5.41, 5.74) is 1.47. The van der Waals surface area contributed by atoms with Crippen molar-refractivity contribution in [2.75, 3.05) is 13.1 Å². The molecule has 1 N–H and O–H groups in total. The van der Waals surface area contributed by atoms with Crippen molar-refractivity contribution in [3.8, 4) is 0 Å². The van der Waals surface area contributed by atoms with Crippen LogP contribution in [0.2, 0.25) is 0 Å². The van der Waals surface area contributed by atoms with Crippen LogP contribution in [0.15, 0.2) is 30.3 Å². The van der Waals surface area contributed by atoms with Crippen LogP contribution in [0, 0.1) is 0 Å². The van der Waals surface area contributed by atoms with E-state index in [1.54, 1.807) is 0 Å². The van der Waals surface area contributed by atoms with Gasteiger partial charge in [0.2, 0.25) is 0 Å². The van der Waals surface area contributed by atoms with Gasteiger partial charge in [0.05, 0.1) is 5.54 Å². The number of piperazine rings is 1. The molecule has 1 aliphatic heterocycles. The standard InChI is InChI=1S/C15H24N2/c1-12(2)17-11-15(4,16-10-13(17)3)14-8-6-5-7-9-14/h5-9,12-13,16H,10-11H2,1-4H3. The van der Waals surface area contributed by atoms with Gasteiger partial charge in [0.25, 0.3) is 0 Å². The molecule has 2 rings (SSSR count). The molecular formula is C15H24N2. The topological polar surface area (TPSA) is 15.3 Å². The Hall–Kier alpha value is -0.860. The molecule has 2 nitrogen and oxygen atoms in total. The minimum absolute atomic E-state index is 0.0814. The number of nitrogens with one attached hydrogen (secondary N) is 1. The Morgan fingerprint density at radius 2 is 1.94 bits per heavy atom. The molecule has 1 fully saturated rings. The maximum atomic E-state index is 3.70. The lowest BCUT2D eigenvalue weighted by atomic mass is 9.88. The van der Waals surface area contributed by atoms with Crippen molar-refractivity contribution in [1.82, 2.24) is 10.2 Å². The van der Waals surface area contributed by atoms with Crippen LogP contribution in [0.3, 0.4) is 0 Å². The van der Waals surface area contributed by atoms with Crippen LogP contribution in [0.25, 0.3) is 0 Å². The lowest BCUT2D eigenvalue weighted by Gasteiger charge is -2.47. The van der Waals surface area contributed by atoms with Crippen LogP contribution in [-0.2, 0) is 5.54 Å². The van der Waals surface area contributed by atoms with E-state index >= 15 is 0 Å². The van der Waals surface area contributed by atoms with Gasteiger partial charge >= 0.3 is 0 Å². The van der Waals surface area contributed by atoms with E-state index in [4.69, 9.17) is 0 Å². The van der Waals surface area contributed by atoms with Gasteiger partial charge in [-0.2, -0.15) is 0 Å². The third-order valence-electron chi connectivity index (χ3n) is 3.93. The van der Waals surface area contributed by atoms with Gasteiger partial charge in [-0.3, -0.25) is 4.90 Å². The Bertz CT molecular complexity index is 360. The van der Waals surface area contributed by atoms with E-state index in [2.05, 4.69) is 68.2 Å². The summed E-state index contributed by atoms with van der Waals surface area (Å²) >= 11 is 0. The molecule has 0 aliphatic carbocycles. The molecule has 0 radical (unpaired) electrons. The van der Waals surface area contributed by atoms with Crippen LogP contribution >= 0.6 is 0 Å². The highest BCUT2D eigenvalue weighted by atomic mass is 15.3. The lowest BCUT2D eigenvalue weighted by Crippen LogP contribution is -2.61. The lowest BCUT2D eigenvalue weighted by molar-refractivity contribution is 0.0672. The summed E-state index contributed by atoms with van der Waals surface area (Å²) in [6, 6.07) is 12.0. The molecular weight excluding hydrogens is 208 g/mol. The molecule has 2 heteroatoms. The molecule has 0 spiro atoms. The van der Waals surface area contributed by atoms with Crippen LogP contribution in [0.1, 0.15) is 33.3 Å². The molecule has 1 heterocycles. The van der Waals surface area contributed by atoms with Gasteiger partial charge in [-0.25, -0.2) is 0 Å². The summed E-state index contributed by atoms with van der Waals surface area (Å²) in [6.45, 7) is 11.3. The molecule has 2 atom stereocenters. The fourth-order valence-electron chi connectivity index (χ4n) is 2.76. The summed E-state index contributed by atoms with van der Waals surface area (Å²) in [5, 5.41) is 3.70. The number of hydrogen-bond acceptors (Lipinski definition) is 2. The van der Waals surface area contributed by atoms with E-state index in [1.807, 2.05) is 0 Å². The Balaban J connectivity index is 2.22. The third kappa shape index (κ3) is 2.53. The van der Waals surface area contributed by atoms with E-state index in [9.17, 15) is 0 Å². The zero-order valence-corrected chi connectivity index (χ0v) is 11.4. The van der Waals surface area contributed by atoms with E-state index in [1.165, 1.54) is 5.56 Å². The minimum atomic E-state index is 0.0814. The molecule has 1 saturated heterocycles. The Morgan fingerprint density at radius 3 is 2.53 bits per heavy atom. The zero-order valence-electron chi connectivity index (χ0n) is 11.4. The average molecular weight is 232 g/mol. The molecule has 0 bridgehead atoms. The summed E-state index contributed by atoms with van der Waals surface area (Å²) in [6.07, 6.45) is 0. The second kappa shape index (κ2) is 4.79. The van der Waals surface area contributed by atoms with Gasteiger partial charge in [-0.05, 0) is 33.3 Å². The Morgan fingerprint density at radius 1 is 1.29 bits per heavy atom. The van der Waals surface area contributed by atoms with E-state index < -0.39 is 0 Å². The maximum absolute atomic E-state index is 3.70. The highest BCUT2D eigenvalue weighted by molar-refractivity contribution is 5.25. The van der Waals surface area contributed by atoms with Crippen LogP contribution < -0.4 is 5.32 Å². The largest absolute Gasteiger partial charge is 0.305 e. The highest BCUT2D eigenvalue weighted by Gasteiger charge is 2.36. The second-order valence-electron chi connectivity index (χ2n) is 5.69. The van der Waals surface area contributed by atoms with E-state index in [0.29, 0.717) is 12.1 Å². The van der Waals surface area contributed by atoms with Gasteiger partial charge in [-0.1, -0.05) is 30.3 Å². The quantitative estimate of drug-likeness (QED) is 0.843. The van der Waals surface area contributed by atoms with Crippen LogP contribution in [0.4, 0.5) is 0 Å². The maximum Gasteiger partial charge on any atom is 0.0535 e. The van der Waals surface area contributed by atoms with Gasteiger partial charge in [0, 0.05) is 25.2 Å². The molecule has 1 aliphatic rings. The first-order chi connectivity index (χ1) is 8.03. The highest BCUT2D eigenvalue weighted by Crippen LogP contribution is 2.27. The third-order valence-corrected chi connectivity index (χ3v) is 3.93. The number of nitrogens with zero attached hydrogens (tertiary/aromatic N) is 1. The van der Waals surface area contributed by atoms with Crippen molar-refractivity contribution in [3.05, 3.63) is 35.9 Å². The first-order valence-corrected chi connectivity index (χ1v) is 6.59. The van der Waals surface area contributed by atoms with Crippen molar-refractivity contribution in [2.24, 2.45) is 0 Å². The fraction of sp³-hybridized carbons (Fsp3) is 0.600. The molecule has 2 unspecified atom stereocenters. The zero-order chi connectivity index (χ0) is 12.5. The van der Waals surface area contributed by atoms with Crippen molar-refractivity contribution < 1.29 is 0 Å². The van der Waals surface area contributed by atoms with Gasteiger partial charge < -0.3 is 5.32 Å². The first kappa shape index (κ1) is 12.6. The Kier molecular flexibility index (Phi) is 3.55. The monoisotopic (exact) mass is 232 g/mol. The molecule has 94 valence electrons. The molecule has 1 aromatic carbocycles. The first-order valence-electron chi connectivity index (χ1n) is 6.59. The number of benzene rings is 1. The molecule has 0 amide bonds. The summed E-state index contributed by atoms with van der Waals surface area (Å²) < 4.78 is 0. The smallest absolute Gasteiger partial charge is 0.0535 e. The van der Waals surface area contributed by atoms with E-state index in [0.717, 1.165) is 13.1 Å². The van der Waals surface area contributed by atoms with Crippen molar-refractivity contribution in [1.29, 1.82) is 0 Å². The summed E-state index contributed by atoms with van der Waals surface area (Å²) in [5.74, 6) is 0. The molecule has 17 heavy (non-hydrogen) atoms. The molecule has 0 saturated carbocycles. The van der Waals surface area contributed by atoms with Gasteiger partial charge in [-0.15, -0.1) is 0 Å². The Labute approximate surface area is 105 Å². The minimum Gasteiger partial charge on any atom is -0.305 e. The van der Waals surface area contributed by atoms with Gasteiger partial charge in [0.1, 0.15) is 0 Å². The molecule has 0 aromatic heterocycles. The molecule has 1 aromatic rings. The van der Waals surface area contributed by atoms with E-state index in [-0.39, 0.29) is 5.54 Å². The fourth-order valence-corrected chi connectivity index (χ4v) is 2.76. The normalized spacial score (nSPS) is 30.8. The van der Waals surface area contributed by atoms with Crippen molar-refractivity contribution in [2.45, 2.75) is 45.3 Å². The summed E-state index contributed by atoms with van der Waals surface area (Å²) in [4.78, 5) is 2.59. The van der Waals surface area contributed by atoms with Crippen molar-refractivity contribution >= 4 is 0 Å². The predicted octanol–water partition coefficient (Wildman–Crippen LogP) is 2.60. The second-order valence-corrected chi connectivity index (χ2v) is 5.69. The average Bonchev–Trinajstić information content (AvgIpc) is 2.33. The van der Waals surface area contributed by atoms with Crippen LogP contribution in [0.5, 0.6) is 0 Å².